The predicted octanol–water partition coefficient (Wildman–Crippen LogP) is 2.04. The molecule has 0 fully saturated rings. The van der Waals surface area contributed by atoms with Crippen LogP contribution < -0.4 is 5.32 Å². The third-order valence-corrected chi connectivity index (χ3v) is 3.15. The molecule has 1 heterocycles. The van der Waals surface area contributed by atoms with Crippen LogP contribution in [0, 0.1) is 13.8 Å². The van der Waals surface area contributed by atoms with E-state index in [1.807, 2.05) is 13.8 Å². The molecule has 1 amide bonds. The second-order valence-electron chi connectivity index (χ2n) is 6.03. The van der Waals surface area contributed by atoms with Crippen LogP contribution in [-0.4, -0.2) is 38.4 Å². The van der Waals surface area contributed by atoms with Gasteiger partial charge in [0.2, 0.25) is 0 Å². The molecule has 1 rings (SSSR count). The Morgan fingerprint density at radius 2 is 1.95 bits per heavy atom. The van der Waals surface area contributed by atoms with Crippen molar-refractivity contribution in [2.24, 2.45) is 0 Å². The normalized spacial score (nSPS) is 14.4. The number of carboxylic acids is 1. The van der Waals surface area contributed by atoms with E-state index in [4.69, 9.17) is 4.74 Å². The molecular weight excluding hydrogens is 274 g/mol. The molecule has 118 valence electrons. The number of carbonyl (C=O) groups is 2. The summed E-state index contributed by atoms with van der Waals surface area (Å²) in [6, 6.07) is -1.59. The number of nitrogens with zero attached hydrogens (tertiary/aromatic N) is 2. The van der Waals surface area contributed by atoms with Gasteiger partial charge in [0.1, 0.15) is 11.6 Å². The average molecular weight is 297 g/mol. The lowest BCUT2D eigenvalue weighted by molar-refractivity contribution is -0.140. The Kier molecular flexibility index (Phi) is 4.98. The Balaban J connectivity index is 2.90. The fourth-order valence-corrected chi connectivity index (χ4v) is 1.91. The highest BCUT2D eigenvalue weighted by atomic mass is 16.6. The molecule has 0 aliphatic rings. The Bertz CT molecular complexity index is 531. The maximum atomic E-state index is 11.8. The van der Waals surface area contributed by atoms with Gasteiger partial charge >= 0.3 is 12.1 Å². The van der Waals surface area contributed by atoms with Crippen LogP contribution in [0.25, 0.3) is 0 Å². The van der Waals surface area contributed by atoms with E-state index in [0.29, 0.717) is 0 Å². The smallest absolute Gasteiger partial charge is 0.408 e. The average Bonchev–Trinajstić information content (AvgIpc) is 2.64. The number of ether oxygens (including phenoxy) is 1. The first-order chi connectivity index (χ1) is 9.53. The molecule has 0 aromatic carbocycles. The number of carboxylic acid groups (broad SMARTS) is 1. The van der Waals surface area contributed by atoms with E-state index < -0.39 is 29.7 Å². The van der Waals surface area contributed by atoms with E-state index in [2.05, 4.69) is 10.3 Å². The number of rotatable bonds is 4. The van der Waals surface area contributed by atoms with Crippen LogP contribution >= 0.6 is 0 Å². The van der Waals surface area contributed by atoms with Crippen molar-refractivity contribution in [2.75, 3.05) is 0 Å². The zero-order valence-electron chi connectivity index (χ0n) is 13.3. The molecule has 0 saturated heterocycles. The first-order valence-electron chi connectivity index (χ1n) is 6.75. The van der Waals surface area contributed by atoms with Crippen LogP contribution in [0.3, 0.4) is 0 Å². The number of imidazole rings is 1. The minimum atomic E-state index is -1.13. The van der Waals surface area contributed by atoms with Gasteiger partial charge in [-0.25, -0.2) is 14.6 Å². The quantitative estimate of drug-likeness (QED) is 0.887. The van der Waals surface area contributed by atoms with E-state index in [-0.39, 0.29) is 0 Å². The fourth-order valence-electron chi connectivity index (χ4n) is 1.91. The number of hydrogen-bond acceptors (Lipinski definition) is 4. The number of nitrogens with one attached hydrogen (secondary N) is 1. The van der Waals surface area contributed by atoms with Gasteiger partial charge < -0.3 is 19.7 Å². The monoisotopic (exact) mass is 297 g/mol. The molecule has 2 unspecified atom stereocenters. The van der Waals surface area contributed by atoms with Crippen molar-refractivity contribution in [3.8, 4) is 0 Å². The molecule has 0 radical (unpaired) electrons. The van der Waals surface area contributed by atoms with E-state index in [1.54, 1.807) is 38.6 Å². The summed E-state index contributed by atoms with van der Waals surface area (Å²) in [5.41, 5.74) is 1.00. The highest BCUT2D eigenvalue weighted by molar-refractivity contribution is 5.80. The minimum Gasteiger partial charge on any atom is -0.480 e. The van der Waals surface area contributed by atoms with Crippen molar-refractivity contribution in [3.05, 3.63) is 17.7 Å². The van der Waals surface area contributed by atoms with Crippen molar-refractivity contribution in [2.45, 2.75) is 59.2 Å². The molecule has 0 bridgehead atoms. The second kappa shape index (κ2) is 6.15. The molecule has 21 heavy (non-hydrogen) atoms. The van der Waals surface area contributed by atoms with Crippen LogP contribution in [-0.2, 0) is 9.53 Å². The van der Waals surface area contributed by atoms with Crippen molar-refractivity contribution >= 4 is 12.1 Å². The molecule has 0 spiro atoms. The number of hydrogen-bond donors (Lipinski definition) is 2. The lowest BCUT2D eigenvalue weighted by Crippen LogP contribution is -2.47. The lowest BCUT2D eigenvalue weighted by Gasteiger charge is -2.26. The SMILES string of the molecule is Cc1ncn(C(C)C(NC(=O)OC(C)(C)C)C(=O)O)c1C. The highest BCUT2D eigenvalue weighted by Crippen LogP contribution is 2.17. The molecule has 2 N–H and O–H groups in total. The van der Waals surface area contributed by atoms with Gasteiger partial charge in [-0.3, -0.25) is 0 Å². The minimum absolute atomic E-state index is 0.490. The predicted molar refractivity (Wildman–Crippen MR) is 77.2 cm³/mol. The number of aromatic nitrogens is 2. The molecule has 7 heteroatoms. The first-order valence-corrected chi connectivity index (χ1v) is 6.75. The van der Waals surface area contributed by atoms with Crippen molar-refractivity contribution in [3.63, 3.8) is 0 Å². The van der Waals surface area contributed by atoms with Gasteiger partial charge in [-0.15, -0.1) is 0 Å². The van der Waals surface area contributed by atoms with Gasteiger partial charge in [0.05, 0.1) is 18.1 Å². The molecule has 2 atom stereocenters. The van der Waals surface area contributed by atoms with E-state index >= 15 is 0 Å². The zero-order valence-corrected chi connectivity index (χ0v) is 13.3. The summed E-state index contributed by atoms with van der Waals surface area (Å²) in [5, 5.41) is 11.7. The third-order valence-electron chi connectivity index (χ3n) is 3.15. The van der Waals surface area contributed by atoms with Gasteiger partial charge in [0.25, 0.3) is 0 Å². The van der Waals surface area contributed by atoms with Crippen molar-refractivity contribution < 1.29 is 19.4 Å². The van der Waals surface area contributed by atoms with Gasteiger partial charge in [-0.2, -0.15) is 0 Å². The summed E-state index contributed by atoms with van der Waals surface area (Å²) in [5.74, 6) is -1.13. The van der Waals surface area contributed by atoms with Crippen LogP contribution in [0.5, 0.6) is 0 Å². The number of amides is 1. The van der Waals surface area contributed by atoms with Gasteiger partial charge in [0, 0.05) is 5.69 Å². The van der Waals surface area contributed by atoms with E-state index in [9.17, 15) is 14.7 Å². The lowest BCUT2D eigenvalue weighted by atomic mass is 10.1. The summed E-state index contributed by atoms with van der Waals surface area (Å²) < 4.78 is 6.83. The largest absolute Gasteiger partial charge is 0.480 e. The zero-order chi connectivity index (χ0) is 16.4. The first kappa shape index (κ1) is 17.0. The Labute approximate surface area is 124 Å². The van der Waals surface area contributed by atoms with E-state index in [1.165, 1.54) is 0 Å². The summed E-state index contributed by atoms with van der Waals surface area (Å²) >= 11 is 0. The van der Waals surface area contributed by atoms with Crippen LogP contribution in [0.15, 0.2) is 6.33 Å². The molecule has 1 aromatic rings. The number of carbonyl (C=O) groups excluding carboxylic acids is 1. The molecule has 7 nitrogen and oxygen atoms in total. The van der Waals surface area contributed by atoms with Gasteiger partial charge in [0.15, 0.2) is 0 Å². The maximum Gasteiger partial charge on any atom is 0.408 e. The van der Waals surface area contributed by atoms with Gasteiger partial charge in [-0.05, 0) is 41.5 Å². The molecular formula is C14H23N3O4. The molecule has 0 saturated carbocycles. The van der Waals surface area contributed by atoms with Crippen molar-refractivity contribution in [1.82, 2.24) is 14.9 Å². The molecule has 0 aliphatic heterocycles. The van der Waals surface area contributed by atoms with Crippen LogP contribution in [0.1, 0.15) is 45.1 Å². The van der Waals surface area contributed by atoms with Crippen molar-refractivity contribution in [1.29, 1.82) is 0 Å². The summed E-state index contributed by atoms with van der Waals surface area (Å²) in [6.45, 7) is 10.6. The second-order valence-corrected chi connectivity index (χ2v) is 6.03. The Hall–Kier alpha value is -2.05. The summed E-state index contributed by atoms with van der Waals surface area (Å²) in [7, 11) is 0. The standard InChI is InChI=1S/C14H23N3O4/c1-8-9(2)17(7-15-8)10(3)11(12(18)19)16-13(20)21-14(4,5)6/h7,10-11H,1-6H3,(H,16,20)(H,18,19). The summed E-state index contributed by atoms with van der Waals surface area (Å²) in [6.07, 6.45) is 0.818. The number of aryl methyl sites for hydroxylation is 1. The van der Waals surface area contributed by atoms with Crippen LogP contribution in [0.2, 0.25) is 0 Å². The number of alkyl carbamates (subject to hydrolysis) is 1. The molecule has 0 aliphatic carbocycles. The topological polar surface area (TPSA) is 93.5 Å². The maximum absolute atomic E-state index is 11.8. The van der Waals surface area contributed by atoms with E-state index in [0.717, 1.165) is 11.4 Å². The third kappa shape index (κ3) is 4.47. The highest BCUT2D eigenvalue weighted by Gasteiger charge is 2.30. The summed E-state index contributed by atoms with van der Waals surface area (Å²) in [4.78, 5) is 27.4. The fraction of sp³-hybridized carbons (Fsp3) is 0.643. The van der Waals surface area contributed by atoms with Gasteiger partial charge in [-0.1, -0.05) is 0 Å². The Morgan fingerprint density at radius 1 is 1.38 bits per heavy atom. The number of aliphatic carboxylic acids is 1. The Morgan fingerprint density at radius 3 is 2.33 bits per heavy atom. The van der Waals surface area contributed by atoms with Crippen LogP contribution in [0.4, 0.5) is 4.79 Å². The molecule has 1 aromatic heterocycles.